The molecule has 0 unspecified atom stereocenters. The summed E-state index contributed by atoms with van der Waals surface area (Å²) >= 11 is 0. The van der Waals surface area contributed by atoms with Crippen molar-refractivity contribution in [2.24, 2.45) is 5.92 Å². The van der Waals surface area contributed by atoms with Gasteiger partial charge in [-0.3, -0.25) is 9.59 Å². The highest BCUT2D eigenvalue weighted by atomic mass is 16.4. The van der Waals surface area contributed by atoms with Gasteiger partial charge in [0.15, 0.2) is 17.4 Å². The predicted molar refractivity (Wildman–Crippen MR) is 72.5 cm³/mol. The Morgan fingerprint density at radius 3 is 1.76 bits per heavy atom. The summed E-state index contributed by atoms with van der Waals surface area (Å²) < 4.78 is 0. The van der Waals surface area contributed by atoms with E-state index in [2.05, 4.69) is 0 Å². The number of phenolic OH excluding ortho intramolecular Hbond substituents is 3. The van der Waals surface area contributed by atoms with Crippen molar-refractivity contribution in [3.63, 3.8) is 0 Å². The van der Waals surface area contributed by atoms with E-state index >= 15 is 0 Å². The minimum Gasteiger partial charge on any atom is -0.508 e. The van der Waals surface area contributed by atoms with Crippen LogP contribution in [0.4, 0.5) is 0 Å². The predicted octanol–water partition coefficient (Wildman–Crippen LogP) is 1.65. The van der Waals surface area contributed by atoms with Crippen LogP contribution in [-0.4, -0.2) is 37.5 Å². The molecule has 21 heavy (non-hydrogen) atoms. The molecule has 7 heteroatoms. The number of hydrogen-bond donors (Lipinski definition) is 5. The minimum atomic E-state index is -1.79. The normalized spacial score (nSPS) is 11.6. The molecule has 116 valence electrons. The van der Waals surface area contributed by atoms with Crippen molar-refractivity contribution >= 4 is 11.9 Å². The first kappa shape index (κ1) is 16.6. The second-order valence-electron chi connectivity index (χ2n) is 4.83. The van der Waals surface area contributed by atoms with Gasteiger partial charge in [0.05, 0.1) is 0 Å². The Morgan fingerprint density at radius 2 is 1.38 bits per heavy atom. The highest BCUT2D eigenvalue weighted by molar-refractivity contribution is 5.95. The van der Waals surface area contributed by atoms with Crippen LogP contribution in [-0.2, 0) is 15.0 Å². The Morgan fingerprint density at radius 1 is 0.952 bits per heavy atom. The minimum absolute atomic E-state index is 0.0161. The number of aliphatic carboxylic acids is 2. The van der Waals surface area contributed by atoms with Crippen molar-refractivity contribution in [3.8, 4) is 17.2 Å². The average molecular weight is 298 g/mol. The van der Waals surface area contributed by atoms with Crippen LogP contribution in [0.3, 0.4) is 0 Å². The highest BCUT2D eigenvalue weighted by Crippen LogP contribution is 2.46. The summed E-state index contributed by atoms with van der Waals surface area (Å²) in [6.07, 6.45) is 0.231. The topological polar surface area (TPSA) is 135 Å². The third kappa shape index (κ3) is 2.72. The van der Waals surface area contributed by atoms with E-state index < -0.39 is 40.5 Å². The number of carboxylic acids is 2. The summed E-state index contributed by atoms with van der Waals surface area (Å²) in [5, 5.41) is 47.4. The lowest BCUT2D eigenvalue weighted by molar-refractivity contribution is -0.158. The van der Waals surface area contributed by atoms with Crippen LogP contribution in [0.2, 0.25) is 0 Å². The van der Waals surface area contributed by atoms with Crippen LogP contribution in [0.5, 0.6) is 17.2 Å². The smallest absolute Gasteiger partial charge is 0.318 e. The molecule has 0 aromatic heterocycles. The Balaban J connectivity index is 3.65. The zero-order valence-electron chi connectivity index (χ0n) is 11.7. The lowest BCUT2D eigenvalue weighted by atomic mass is 9.66. The number of hydrogen-bond acceptors (Lipinski definition) is 5. The fraction of sp³-hybridized carbons (Fsp3) is 0.429. The summed E-state index contributed by atoms with van der Waals surface area (Å²) in [5.74, 6) is -6.43. The number of carboxylic acid groups (broad SMARTS) is 2. The molecule has 0 atom stereocenters. The maximum atomic E-state index is 11.4. The van der Waals surface area contributed by atoms with E-state index in [0.717, 1.165) is 12.1 Å². The summed E-state index contributed by atoms with van der Waals surface area (Å²) in [6.45, 7) is 3.21. The Hall–Kier alpha value is -2.44. The molecule has 0 saturated carbocycles. The van der Waals surface area contributed by atoms with E-state index in [1.165, 1.54) is 0 Å². The van der Waals surface area contributed by atoms with Crippen LogP contribution in [0.15, 0.2) is 12.1 Å². The van der Waals surface area contributed by atoms with Gasteiger partial charge < -0.3 is 25.5 Å². The lowest BCUT2D eigenvalue weighted by Gasteiger charge is -2.36. The highest BCUT2D eigenvalue weighted by Gasteiger charge is 2.48. The quantitative estimate of drug-likeness (QED) is 0.306. The second kappa shape index (κ2) is 5.90. The first-order valence-corrected chi connectivity index (χ1v) is 6.42. The van der Waals surface area contributed by atoms with Gasteiger partial charge in [-0.1, -0.05) is 13.8 Å². The van der Waals surface area contributed by atoms with Gasteiger partial charge in [-0.15, -0.1) is 0 Å². The standard InChI is InChI=1S/C14H18O7/c1-3-14(4-2,11(12(18)19)13(20)21)7-5-9(16)10(17)6-8(7)15/h5-6,11,15-17H,3-4H2,1-2H3,(H,18,19)(H,20,21). The molecule has 0 aliphatic carbocycles. The number of phenols is 3. The molecule has 7 nitrogen and oxygen atoms in total. The maximum Gasteiger partial charge on any atom is 0.318 e. The van der Waals surface area contributed by atoms with Gasteiger partial charge in [-0.25, -0.2) is 0 Å². The lowest BCUT2D eigenvalue weighted by Crippen LogP contribution is -2.44. The van der Waals surface area contributed by atoms with Crippen molar-refractivity contribution < 1.29 is 35.1 Å². The molecule has 1 rings (SSSR count). The van der Waals surface area contributed by atoms with Gasteiger partial charge in [0, 0.05) is 17.0 Å². The molecule has 0 heterocycles. The summed E-state index contributed by atoms with van der Waals surface area (Å²) in [7, 11) is 0. The molecule has 1 aromatic carbocycles. The summed E-state index contributed by atoms with van der Waals surface area (Å²) in [4.78, 5) is 22.7. The zero-order chi connectivity index (χ0) is 16.4. The molecule has 0 amide bonds. The van der Waals surface area contributed by atoms with Crippen LogP contribution in [0.1, 0.15) is 32.3 Å². The second-order valence-corrected chi connectivity index (χ2v) is 4.83. The van der Waals surface area contributed by atoms with Crippen LogP contribution < -0.4 is 0 Å². The number of aromatic hydroxyl groups is 3. The van der Waals surface area contributed by atoms with E-state index in [0.29, 0.717) is 0 Å². The van der Waals surface area contributed by atoms with E-state index in [9.17, 15) is 35.1 Å². The first-order chi connectivity index (χ1) is 9.71. The van der Waals surface area contributed by atoms with Crippen molar-refractivity contribution in [1.29, 1.82) is 0 Å². The number of carbonyl (C=O) groups is 2. The molecule has 0 bridgehead atoms. The molecule has 0 saturated heterocycles. The van der Waals surface area contributed by atoms with Crippen LogP contribution in [0, 0.1) is 5.92 Å². The SMILES string of the molecule is CCC(CC)(c1cc(O)c(O)cc1O)C(C(=O)O)C(=O)O. The summed E-state index contributed by atoms with van der Waals surface area (Å²) in [5.41, 5.74) is -1.43. The molecule has 0 spiro atoms. The molecular formula is C14H18O7. The Labute approximate surface area is 121 Å². The number of benzene rings is 1. The fourth-order valence-electron chi connectivity index (χ4n) is 2.74. The summed E-state index contributed by atoms with van der Waals surface area (Å²) in [6, 6.07) is 1.88. The molecule has 1 aromatic rings. The van der Waals surface area contributed by atoms with Crippen LogP contribution in [0.25, 0.3) is 0 Å². The zero-order valence-corrected chi connectivity index (χ0v) is 11.7. The third-order valence-corrected chi connectivity index (χ3v) is 3.94. The monoisotopic (exact) mass is 298 g/mol. The van der Waals surface area contributed by atoms with Gasteiger partial charge in [0.1, 0.15) is 5.75 Å². The number of rotatable bonds is 6. The third-order valence-electron chi connectivity index (χ3n) is 3.94. The molecule has 5 N–H and O–H groups in total. The van der Waals surface area contributed by atoms with Crippen molar-refractivity contribution in [2.45, 2.75) is 32.1 Å². The Kier molecular flexibility index (Phi) is 4.67. The van der Waals surface area contributed by atoms with E-state index in [1.54, 1.807) is 13.8 Å². The average Bonchev–Trinajstić information content (AvgIpc) is 2.39. The van der Waals surface area contributed by atoms with Gasteiger partial charge in [-0.2, -0.15) is 0 Å². The van der Waals surface area contributed by atoms with Gasteiger partial charge >= 0.3 is 11.9 Å². The van der Waals surface area contributed by atoms with Crippen LogP contribution >= 0.6 is 0 Å². The first-order valence-electron chi connectivity index (χ1n) is 6.42. The molecule has 0 radical (unpaired) electrons. The van der Waals surface area contributed by atoms with E-state index in [-0.39, 0.29) is 18.4 Å². The van der Waals surface area contributed by atoms with E-state index in [4.69, 9.17) is 0 Å². The maximum absolute atomic E-state index is 11.4. The van der Waals surface area contributed by atoms with Crippen molar-refractivity contribution in [3.05, 3.63) is 17.7 Å². The Bertz CT molecular complexity index is 547. The molecular weight excluding hydrogens is 280 g/mol. The molecule has 0 aliphatic rings. The van der Waals surface area contributed by atoms with Gasteiger partial charge in [0.25, 0.3) is 0 Å². The fourth-order valence-corrected chi connectivity index (χ4v) is 2.74. The van der Waals surface area contributed by atoms with Crippen molar-refractivity contribution in [1.82, 2.24) is 0 Å². The van der Waals surface area contributed by atoms with E-state index in [1.807, 2.05) is 0 Å². The van der Waals surface area contributed by atoms with Gasteiger partial charge in [-0.05, 0) is 18.9 Å². The van der Waals surface area contributed by atoms with Gasteiger partial charge in [0.2, 0.25) is 0 Å². The van der Waals surface area contributed by atoms with Crippen molar-refractivity contribution in [2.75, 3.05) is 0 Å². The molecule has 0 fully saturated rings. The molecule has 0 aliphatic heterocycles. The largest absolute Gasteiger partial charge is 0.508 e.